The molecule has 5 rings (SSSR count). The highest BCUT2D eigenvalue weighted by Crippen LogP contribution is 2.44. The molecule has 0 spiro atoms. The number of aliphatic hydroxyl groups excluding tert-OH is 1. The van der Waals surface area contributed by atoms with Crippen molar-refractivity contribution in [2.75, 3.05) is 13.2 Å². The number of aromatic amines is 1. The van der Waals surface area contributed by atoms with Crippen LogP contribution in [0.1, 0.15) is 25.6 Å². The normalized spacial score (nSPS) is 16.0. The molecule has 2 N–H and O–H groups in total. The van der Waals surface area contributed by atoms with Crippen molar-refractivity contribution in [1.82, 2.24) is 19.7 Å². The maximum atomic E-state index is 15.5. The number of nitrogens with zero attached hydrogens (tertiary/aromatic N) is 3. The highest BCUT2D eigenvalue weighted by atomic mass is 32.1. The number of carbonyl (C=O) groups is 1. The van der Waals surface area contributed by atoms with Crippen LogP contribution in [0.25, 0.3) is 32.6 Å². The summed E-state index contributed by atoms with van der Waals surface area (Å²) in [5.41, 5.74) is 1.19. The van der Waals surface area contributed by atoms with E-state index in [2.05, 4.69) is 11.6 Å². The summed E-state index contributed by atoms with van der Waals surface area (Å²) in [6, 6.07) is 5.01. The topological polar surface area (TPSA) is 100 Å². The minimum absolute atomic E-state index is 0.0526. The third-order valence-corrected chi connectivity index (χ3v) is 7.12. The van der Waals surface area contributed by atoms with E-state index >= 15 is 4.39 Å². The fourth-order valence-electron chi connectivity index (χ4n) is 4.59. The molecule has 1 amide bonds. The molecule has 0 fully saturated rings. The van der Waals surface area contributed by atoms with Crippen molar-refractivity contribution in [2.24, 2.45) is 0 Å². The fraction of sp³-hybridized carbons (Fsp3) is 0.269. The van der Waals surface area contributed by atoms with E-state index in [1.807, 2.05) is 6.92 Å². The Morgan fingerprint density at radius 3 is 2.89 bits per heavy atom. The molecule has 8 nitrogen and oxygen atoms in total. The van der Waals surface area contributed by atoms with Gasteiger partial charge in [-0.1, -0.05) is 6.58 Å². The predicted octanol–water partition coefficient (Wildman–Crippen LogP) is 4.25. The second-order valence-electron chi connectivity index (χ2n) is 9.03. The van der Waals surface area contributed by atoms with Crippen LogP contribution in [0.3, 0.4) is 0 Å². The van der Waals surface area contributed by atoms with Gasteiger partial charge in [-0.05, 0) is 37.4 Å². The van der Waals surface area contributed by atoms with Gasteiger partial charge in [0.15, 0.2) is 0 Å². The number of fused-ring (bicyclic) bond motifs is 2. The fourth-order valence-corrected chi connectivity index (χ4v) is 5.54. The molecule has 1 aliphatic rings. The molecule has 0 saturated carbocycles. The van der Waals surface area contributed by atoms with Gasteiger partial charge in [-0.15, -0.1) is 11.3 Å². The van der Waals surface area contributed by atoms with Crippen molar-refractivity contribution >= 4 is 27.3 Å². The molecular formula is C26H24F2N4O4S. The molecule has 37 heavy (non-hydrogen) atoms. The second-order valence-corrected chi connectivity index (χ2v) is 9.94. The standard InChI is InChI=1S/C26H24F2N4O4S/c1-4-21(34)31-10-13(2)32-16(11-31)9-19(30-32)24-23(25-17(5-6-37-25)26(35)29-24)22-18(28)7-15(27)8-20(22)36-12-14(3)33/h4-9,13-14,33H,1,10-12H2,2-3H3,(H,29,35). The van der Waals surface area contributed by atoms with Crippen molar-refractivity contribution in [3.05, 3.63) is 70.0 Å². The largest absolute Gasteiger partial charge is 0.490 e. The smallest absolute Gasteiger partial charge is 0.257 e. The summed E-state index contributed by atoms with van der Waals surface area (Å²) in [5.74, 6) is -2.04. The first-order valence-corrected chi connectivity index (χ1v) is 12.5. The van der Waals surface area contributed by atoms with E-state index in [9.17, 15) is 19.1 Å². The van der Waals surface area contributed by atoms with Gasteiger partial charge in [-0.3, -0.25) is 14.3 Å². The third kappa shape index (κ3) is 4.44. The summed E-state index contributed by atoms with van der Waals surface area (Å²) in [4.78, 5) is 29.7. The molecule has 192 valence electrons. The van der Waals surface area contributed by atoms with E-state index in [4.69, 9.17) is 9.84 Å². The number of nitrogens with one attached hydrogen (secondary N) is 1. The summed E-state index contributed by atoms with van der Waals surface area (Å²) in [5, 5.41) is 16.5. The number of ether oxygens (including phenoxy) is 1. The monoisotopic (exact) mass is 526 g/mol. The number of hydrogen-bond acceptors (Lipinski definition) is 6. The summed E-state index contributed by atoms with van der Waals surface area (Å²) in [6.45, 7) is 7.49. The molecule has 2 unspecified atom stereocenters. The predicted molar refractivity (Wildman–Crippen MR) is 137 cm³/mol. The average Bonchev–Trinajstić information content (AvgIpc) is 3.51. The van der Waals surface area contributed by atoms with Gasteiger partial charge < -0.3 is 19.7 Å². The van der Waals surface area contributed by atoms with E-state index in [0.29, 0.717) is 27.9 Å². The van der Waals surface area contributed by atoms with Crippen LogP contribution in [0.5, 0.6) is 5.75 Å². The number of amides is 1. The summed E-state index contributed by atoms with van der Waals surface area (Å²) in [6.07, 6.45) is 0.380. The number of carbonyl (C=O) groups excluding carboxylic acids is 1. The second kappa shape index (κ2) is 9.56. The van der Waals surface area contributed by atoms with Gasteiger partial charge in [0, 0.05) is 24.2 Å². The van der Waals surface area contributed by atoms with Gasteiger partial charge in [0.05, 0.1) is 45.7 Å². The van der Waals surface area contributed by atoms with E-state index in [0.717, 1.165) is 17.8 Å². The lowest BCUT2D eigenvalue weighted by Gasteiger charge is -2.31. The van der Waals surface area contributed by atoms with Crippen molar-refractivity contribution in [1.29, 1.82) is 0 Å². The Bertz CT molecular complexity index is 1590. The number of aliphatic hydroxyl groups is 1. The first-order chi connectivity index (χ1) is 17.7. The maximum absolute atomic E-state index is 15.5. The molecule has 4 aromatic rings. The molecule has 0 bridgehead atoms. The zero-order valence-electron chi connectivity index (χ0n) is 20.1. The average molecular weight is 527 g/mol. The minimum Gasteiger partial charge on any atom is -0.490 e. The molecule has 11 heteroatoms. The lowest BCUT2D eigenvalue weighted by Crippen LogP contribution is -2.39. The van der Waals surface area contributed by atoms with Gasteiger partial charge in [0.2, 0.25) is 5.91 Å². The molecule has 2 atom stereocenters. The Morgan fingerprint density at radius 2 is 2.16 bits per heavy atom. The third-order valence-electron chi connectivity index (χ3n) is 6.18. The lowest BCUT2D eigenvalue weighted by atomic mass is 9.99. The van der Waals surface area contributed by atoms with Crippen LogP contribution in [0.4, 0.5) is 8.78 Å². The highest BCUT2D eigenvalue weighted by molar-refractivity contribution is 7.17. The van der Waals surface area contributed by atoms with E-state index in [1.165, 1.54) is 24.3 Å². The van der Waals surface area contributed by atoms with Crippen molar-refractivity contribution < 1.29 is 23.4 Å². The lowest BCUT2D eigenvalue weighted by molar-refractivity contribution is -0.127. The zero-order valence-corrected chi connectivity index (χ0v) is 20.9. The first kappa shape index (κ1) is 24.8. The Labute approximate surface area is 214 Å². The maximum Gasteiger partial charge on any atom is 0.257 e. The molecule has 0 saturated heterocycles. The van der Waals surface area contributed by atoms with Gasteiger partial charge in [0.25, 0.3) is 5.56 Å². The van der Waals surface area contributed by atoms with E-state index in [1.54, 1.807) is 27.1 Å². The Morgan fingerprint density at radius 1 is 1.38 bits per heavy atom. The summed E-state index contributed by atoms with van der Waals surface area (Å²) in [7, 11) is 0. The molecule has 0 radical (unpaired) electrons. The van der Waals surface area contributed by atoms with Crippen LogP contribution in [0, 0.1) is 11.6 Å². The van der Waals surface area contributed by atoms with E-state index in [-0.39, 0.29) is 47.7 Å². The number of rotatable bonds is 6. The first-order valence-electron chi connectivity index (χ1n) is 11.6. The Hall–Kier alpha value is -3.83. The number of aromatic nitrogens is 3. The Balaban J connectivity index is 1.75. The minimum atomic E-state index is -0.885. The van der Waals surface area contributed by atoms with E-state index < -0.39 is 17.7 Å². The van der Waals surface area contributed by atoms with Crippen molar-refractivity contribution in [3.63, 3.8) is 0 Å². The van der Waals surface area contributed by atoms with Crippen LogP contribution in [-0.2, 0) is 11.3 Å². The summed E-state index contributed by atoms with van der Waals surface area (Å²) >= 11 is 1.24. The van der Waals surface area contributed by atoms with Crippen LogP contribution >= 0.6 is 11.3 Å². The van der Waals surface area contributed by atoms with Gasteiger partial charge in [-0.2, -0.15) is 5.10 Å². The number of hydrogen-bond donors (Lipinski definition) is 2. The van der Waals surface area contributed by atoms with Crippen LogP contribution in [-0.4, -0.2) is 49.9 Å². The SMILES string of the molecule is C=CC(=O)N1Cc2cc(-c3[nH]c(=O)c4ccsc4c3-c3c(F)cc(F)cc3OCC(C)O)nn2C(C)C1. The van der Waals surface area contributed by atoms with Gasteiger partial charge >= 0.3 is 0 Å². The van der Waals surface area contributed by atoms with Gasteiger partial charge in [-0.25, -0.2) is 8.78 Å². The number of pyridine rings is 1. The van der Waals surface area contributed by atoms with Crippen LogP contribution in [0.15, 0.2) is 47.1 Å². The molecule has 3 aromatic heterocycles. The number of H-pyrrole nitrogens is 1. The molecule has 1 aromatic carbocycles. The summed E-state index contributed by atoms with van der Waals surface area (Å²) < 4.78 is 37.6. The number of halogens is 2. The number of benzene rings is 1. The van der Waals surface area contributed by atoms with Crippen molar-refractivity contribution in [2.45, 2.75) is 32.5 Å². The van der Waals surface area contributed by atoms with Crippen LogP contribution < -0.4 is 10.3 Å². The van der Waals surface area contributed by atoms with Gasteiger partial charge in [0.1, 0.15) is 29.7 Å². The molecule has 1 aliphatic heterocycles. The zero-order chi connectivity index (χ0) is 26.4. The molecule has 0 aliphatic carbocycles. The Kier molecular flexibility index (Phi) is 6.42. The quantitative estimate of drug-likeness (QED) is 0.366. The molecule has 4 heterocycles. The molecular weight excluding hydrogens is 502 g/mol. The van der Waals surface area contributed by atoms with Crippen LogP contribution in [0.2, 0.25) is 0 Å². The van der Waals surface area contributed by atoms with Crippen molar-refractivity contribution in [3.8, 4) is 28.3 Å². The number of thiophene rings is 1. The highest BCUT2D eigenvalue weighted by Gasteiger charge is 2.29.